The van der Waals surface area contributed by atoms with Crippen LogP contribution in [-0.2, 0) is 9.59 Å². The van der Waals surface area contributed by atoms with Crippen LogP contribution < -0.4 is 0 Å². The number of hydrogen-bond donors (Lipinski definition) is 1. The van der Waals surface area contributed by atoms with Crippen LogP contribution in [0, 0.1) is 0 Å². The molecule has 2 fully saturated rings. The Morgan fingerprint density at radius 3 is 2.64 bits per heavy atom. The molecule has 1 atom stereocenters. The van der Waals surface area contributed by atoms with Gasteiger partial charge in [-0.15, -0.1) is 0 Å². The van der Waals surface area contributed by atoms with E-state index in [-0.39, 0.29) is 9.45 Å². The normalized spacial score (nSPS) is 30.2. The van der Waals surface area contributed by atoms with Crippen molar-refractivity contribution >= 4 is 34.5 Å². The van der Waals surface area contributed by atoms with Crippen molar-refractivity contribution in [3.8, 4) is 0 Å². The third-order valence-corrected chi connectivity index (χ3v) is 4.65. The van der Waals surface area contributed by atoms with Crippen LogP contribution in [-0.4, -0.2) is 31.5 Å². The molecule has 1 N–H and O–H groups in total. The first-order valence-electron chi connectivity index (χ1n) is 4.78. The Kier molecular flexibility index (Phi) is 2.45. The lowest BCUT2D eigenvalue weighted by Crippen LogP contribution is -2.55. The summed E-state index contributed by atoms with van der Waals surface area (Å²) >= 11 is 2.23. The molecule has 0 radical (unpaired) electrons. The highest BCUT2D eigenvalue weighted by molar-refractivity contribution is 14.1. The zero-order valence-corrected chi connectivity index (χ0v) is 9.86. The molecule has 0 aromatic carbocycles. The summed E-state index contributed by atoms with van der Waals surface area (Å²) in [5.41, 5.74) is 0. The summed E-state index contributed by atoms with van der Waals surface area (Å²) in [4.78, 5) is 24.1. The molecule has 1 amide bonds. The fraction of sp³-hybridized carbons (Fsp3) is 0.778. The van der Waals surface area contributed by atoms with Gasteiger partial charge >= 0.3 is 5.97 Å². The van der Waals surface area contributed by atoms with Crippen molar-refractivity contribution in [1.82, 2.24) is 4.90 Å². The molecule has 1 heterocycles. The monoisotopic (exact) mass is 309 g/mol. The second kappa shape index (κ2) is 3.36. The number of hydrogen-bond acceptors (Lipinski definition) is 2. The number of carboxylic acid groups (broad SMARTS) is 1. The van der Waals surface area contributed by atoms with Crippen molar-refractivity contribution in [3.63, 3.8) is 0 Å². The molecule has 0 spiro atoms. The summed E-state index contributed by atoms with van der Waals surface area (Å²) < 4.78 is -0.200. The first kappa shape index (κ1) is 10.2. The molecule has 1 aliphatic carbocycles. The van der Waals surface area contributed by atoms with Crippen LogP contribution in [0.15, 0.2) is 0 Å². The van der Waals surface area contributed by atoms with Crippen LogP contribution in [0.2, 0.25) is 0 Å². The van der Waals surface area contributed by atoms with Crippen molar-refractivity contribution in [3.05, 3.63) is 0 Å². The van der Waals surface area contributed by atoms with Crippen LogP contribution in [0.4, 0.5) is 0 Å². The minimum absolute atomic E-state index is 0.00602. The molecule has 0 bridgehead atoms. The van der Waals surface area contributed by atoms with Gasteiger partial charge in [-0.2, -0.15) is 0 Å². The van der Waals surface area contributed by atoms with E-state index in [9.17, 15) is 9.59 Å². The molecule has 2 aliphatic rings. The average Bonchev–Trinajstić information content (AvgIpc) is 2.43. The predicted octanol–water partition coefficient (Wildman–Crippen LogP) is 1.38. The Labute approximate surface area is 95.8 Å². The maximum atomic E-state index is 11.6. The van der Waals surface area contributed by atoms with Gasteiger partial charge in [-0.25, -0.2) is 4.79 Å². The van der Waals surface area contributed by atoms with E-state index in [1.807, 2.05) is 0 Å². The van der Waals surface area contributed by atoms with Gasteiger partial charge in [0.25, 0.3) is 0 Å². The number of amides is 1. The molecule has 1 unspecified atom stereocenters. The maximum Gasteiger partial charge on any atom is 0.326 e. The number of nitrogens with zero attached hydrogens (tertiary/aromatic N) is 1. The van der Waals surface area contributed by atoms with Crippen molar-refractivity contribution in [2.45, 2.75) is 41.7 Å². The third kappa shape index (κ3) is 1.41. The zero-order valence-electron chi connectivity index (χ0n) is 7.70. The van der Waals surface area contributed by atoms with Crippen molar-refractivity contribution in [1.29, 1.82) is 0 Å². The number of carboxylic acids is 1. The van der Waals surface area contributed by atoms with Gasteiger partial charge in [-0.05, 0) is 25.7 Å². The van der Waals surface area contributed by atoms with E-state index >= 15 is 0 Å². The van der Waals surface area contributed by atoms with E-state index in [0.29, 0.717) is 12.8 Å². The SMILES string of the molecule is O=C(O)C1CCC(=O)N1C1(I)CCC1. The standard InChI is InChI=1S/C9H12INO3/c10-9(4-1-5-9)11-6(8(13)14)2-3-7(11)12/h6H,1-5H2,(H,13,14). The fourth-order valence-corrected chi connectivity index (χ4v) is 3.50. The van der Waals surface area contributed by atoms with E-state index in [1.54, 1.807) is 4.90 Å². The molecule has 2 rings (SSSR count). The van der Waals surface area contributed by atoms with Gasteiger partial charge in [0.15, 0.2) is 0 Å². The molecule has 78 valence electrons. The van der Waals surface area contributed by atoms with E-state index in [0.717, 1.165) is 19.3 Å². The Bertz CT molecular complexity index is 288. The predicted molar refractivity (Wildman–Crippen MR) is 58.1 cm³/mol. The van der Waals surface area contributed by atoms with Crippen LogP contribution in [0.5, 0.6) is 0 Å². The lowest BCUT2D eigenvalue weighted by Gasteiger charge is -2.45. The molecule has 14 heavy (non-hydrogen) atoms. The minimum atomic E-state index is -0.862. The van der Waals surface area contributed by atoms with Crippen molar-refractivity contribution in [2.75, 3.05) is 0 Å². The Hall–Kier alpha value is -0.330. The average molecular weight is 309 g/mol. The largest absolute Gasteiger partial charge is 0.480 e. The molecule has 0 aromatic heterocycles. The molecule has 1 aliphatic heterocycles. The van der Waals surface area contributed by atoms with Crippen LogP contribution >= 0.6 is 22.6 Å². The topological polar surface area (TPSA) is 57.6 Å². The number of halogens is 1. The quantitative estimate of drug-likeness (QED) is 0.476. The summed E-state index contributed by atoms with van der Waals surface area (Å²) in [5, 5.41) is 8.99. The van der Waals surface area contributed by atoms with Gasteiger partial charge in [0.05, 0.1) is 3.55 Å². The smallest absolute Gasteiger partial charge is 0.326 e. The molecular weight excluding hydrogens is 297 g/mol. The summed E-state index contributed by atoms with van der Waals surface area (Å²) in [6, 6.07) is -0.584. The van der Waals surface area contributed by atoms with E-state index in [1.165, 1.54) is 0 Å². The van der Waals surface area contributed by atoms with Crippen LogP contribution in [0.25, 0.3) is 0 Å². The fourth-order valence-electron chi connectivity index (χ4n) is 2.13. The zero-order chi connectivity index (χ0) is 10.3. The highest BCUT2D eigenvalue weighted by atomic mass is 127. The summed E-state index contributed by atoms with van der Waals surface area (Å²) in [5.74, 6) is -0.856. The molecule has 1 saturated heterocycles. The summed E-state index contributed by atoms with van der Waals surface area (Å²) in [6.07, 6.45) is 3.83. The van der Waals surface area contributed by atoms with Gasteiger partial charge in [0, 0.05) is 6.42 Å². The number of carbonyl (C=O) groups excluding carboxylic acids is 1. The number of aliphatic carboxylic acids is 1. The second-order valence-corrected chi connectivity index (χ2v) is 5.94. The second-order valence-electron chi connectivity index (χ2n) is 3.93. The van der Waals surface area contributed by atoms with Crippen molar-refractivity contribution in [2.24, 2.45) is 0 Å². The molecule has 5 heteroatoms. The molecule has 4 nitrogen and oxygen atoms in total. The van der Waals surface area contributed by atoms with Crippen LogP contribution in [0.3, 0.4) is 0 Å². The minimum Gasteiger partial charge on any atom is -0.480 e. The summed E-state index contributed by atoms with van der Waals surface area (Å²) in [6.45, 7) is 0. The number of alkyl halides is 1. The Balaban J connectivity index is 2.21. The summed E-state index contributed by atoms with van der Waals surface area (Å²) in [7, 11) is 0. The molecule has 0 aromatic rings. The number of carbonyl (C=O) groups is 2. The third-order valence-electron chi connectivity index (χ3n) is 3.05. The number of rotatable bonds is 2. The maximum absolute atomic E-state index is 11.6. The highest BCUT2D eigenvalue weighted by Crippen LogP contribution is 2.47. The molecule has 1 saturated carbocycles. The van der Waals surface area contributed by atoms with Crippen LogP contribution in [0.1, 0.15) is 32.1 Å². The van der Waals surface area contributed by atoms with Gasteiger partial charge in [0.2, 0.25) is 5.91 Å². The van der Waals surface area contributed by atoms with E-state index in [4.69, 9.17) is 5.11 Å². The van der Waals surface area contributed by atoms with E-state index < -0.39 is 12.0 Å². The Morgan fingerprint density at radius 2 is 2.21 bits per heavy atom. The van der Waals surface area contributed by atoms with Gasteiger partial charge in [0.1, 0.15) is 6.04 Å². The first-order chi connectivity index (χ1) is 6.54. The lowest BCUT2D eigenvalue weighted by molar-refractivity contribution is -0.149. The number of likely N-dealkylation sites (tertiary alicyclic amines) is 1. The molecular formula is C9H12INO3. The van der Waals surface area contributed by atoms with Gasteiger partial charge in [-0.1, -0.05) is 22.6 Å². The van der Waals surface area contributed by atoms with Gasteiger partial charge in [-0.3, -0.25) is 4.79 Å². The van der Waals surface area contributed by atoms with Gasteiger partial charge < -0.3 is 10.0 Å². The first-order valence-corrected chi connectivity index (χ1v) is 5.86. The Morgan fingerprint density at radius 1 is 1.57 bits per heavy atom. The van der Waals surface area contributed by atoms with E-state index in [2.05, 4.69) is 22.6 Å². The lowest BCUT2D eigenvalue weighted by atomic mass is 9.91. The van der Waals surface area contributed by atoms with Crippen molar-refractivity contribution < 1.29 is 14.7 Å². The highest BCUT2D eigenvalue weighted by Gasteiger charge is 2.50.